The van der Waals surface area contributed by atoms with Crippen LogP contribution in [0, 0.1) is 0 Å². The van der Waals surface area contributed by atoms with E-state index in [1.807, 2.05) is 36.4 Å². The second-order valence-corrected chi connectivity index (χ2v) is 8.11. The molecule has 0 aliphatic carbocycles. The van der Waals surface area contributed by atoms with Crippen LogP contribution in [0.15, 0.2) is 71.3 Å². The van der Waals surface area contributed by atoms with E-state index in [2.05, 4.69) is 5.32 Å². The summed E-state index contributed by atoms with van der Waals surface area (Å²) >= 11 is 0. The molecule has 0 unspecified atom stereocenters. The Morgan fingerprint density at radius 1 is 0.889 bits per heavy atom. The molecule has 0 fully saturated rings. The molecule has 1 heterocycles. The summed E-state index contributed by atoms with van der Waals surface area (Å²) in [5, 5.41) is 2.85. The predicted molar refractivity (Wildman–Crippen MR) is 136 cm³/mol. The summed E-state index contributed by atoms with van der Waals surface area (Å²) in [5.74, 6) is 1.54. The van der Waals surface area contributed by atoms with Crippen LogP contribution < -0.4 is 14.8 Å². The number of benzene rings is 2. The van der Waals surface area contributed by atoms with Crippen LogP contribution in [0.2, 0.25) is 0 Å². The van der Waals surface area contributed by atoms with Gasteiger partial charge in [-0.3, -0.25) is 4.79 Å². The van der Waals surface area contributed by atoms with Gasteiger partial charge < -0.3 is 33.7 Å². The van der Waals surface area contributed by atoms with Gasteiger partial charge in [-0.2, -0.15) is 0 Å². The minimum absolute atomic E-state index is 0.107. The van der Waals surface area contributed by atoms with Crippen LogP contribution in [0.4, 0.5) is 10.5 Å². The molecule has 0 spiro atoms. The summed E-state index contributed by atoms with van der Waals surface area (Å²) in [6.45, 7) is 1.38. The normalized spacial score (nSPS) is 10.5. The number of nitrogens with zero attached hydrogens (tertiary/aromatic N) is 2. The van der Waals surface area contributed by atoms with E-state index in [0.29, 0.717) is 55.6 Å². The molecule has 0 saturated heterocycles. The van der Waals surface area contributed by atoms with Crippen LogP contribution in [0.25, 0.3) is 0 Å². The zero-order valence-electron chi connectivity index (χ0n) is 20.9. The largest absolute Gasteiger partial charge is 0.497 e. The molecule has 1 N–H and O–H groups in total. The van der Waals surface area contributed by atoms with Crippen molar-refractivity contribution in [3.63, 3.8) is 0 Å². The second-order valence-electron chi connectivity index (χ2n) is 8.11. The lowest BCUT2D eigenvalue weighted by molar-refractivity contribution is -0.133. The van der Waals surface area contributed by atoms with Crippen LogP contribution in [-0.2, 0) is 22.6 Å². The maximum Gasteiger partial charge on any atom is 0.322 e. The molecule has 3 aromatic rings. The van der Waals surface area contributed by atoms with Gasteiger partial charge in [-0.05, 0) is 24.1 Å². The SMILES string of the molecule is COCCCN(CC(=O)N(Cc1ccccc1)Cc1ccco1)C(=O)Nc1cc(OC)cc(OC)c1. The molecule has 0 atom stereocenters. The van der Waals surface area contributed by atoms with E-state index in [0.717, 1.165) is 5.56 Å². The van der Waals surface area contributed by atoms with Gasteiger partial charge in [0, 0.05) is 50.7 Å². The Labute approximate surface area is 211 Å². The van der Waals surface area contributed by atoms with E-state index in [1.165, 1.54) is 19.1 Å². The highest BCUT2D eigenvalue weighted by atomic mass is 16.5. The molecule has 2 aromatic carbocycles. The van der Waals surface area contributed by atoms with Gasteiger partial charge in [0.25, 0.3) is 0 Å². The van der Waals surface area contributed by atoms with Gasteiger partial charge in [0.05, 0.1) is 27.0 Å². The Kier molecular flexibility index (Phi) is 10.2. The minimum Gasteiger partial charge on any atom is -0.497 e. The molecule has 3 rings (SSSR count). The fourth-order valence-electron chi connectivity index (χ4n) is 3.62. The van der Waals surface area contributed by atoms with Gasteiger partial charge >= 0.3 is 6.03 Å². The van der Waals surface area contributed by atoms with Crippen molar-refractivity contribution < 1.29 is 28.2 Å². The van der Waals surface area contributed by atoms with Gasteiger partial charge in [0.2, 0.25) is 5.91 Å². The Bertz CT molecular complexity index is 1070. The first-order valence-corrected chi connectivity index (χ1v) is 11.6. The highest BCUT2D eigenvalue weighted by Crippen LogP contribution is 2.26. The fraction of sp³-hybridized carbons (Fsp3) is 0.333. The molecule has 0 aliphatic rings. The lowest BCUT2D eigenvalue weighted by Gasteiger charge is -2.27. The molecule has 192 valence electrons. The number of methoxy groups -OCH3 is 3. The van der Waals surface area contributed by atoms with Crippen molar-refractivity contribution in [3.8, 4) is 11.5 Å². The minimum atomic E-state index is -0.410. The smallest absolute Gasteiger partial charge is 0.322 e. The molecular weight excluding hydrogens is 462 g/mol. The predicted octanol–water partition coefficient (Wildman–Crippen LogP) is 4.40. The average Bonchev–Trinajstić information content (AvgIpc) is 3.41. The highest BCUT2D eigenvalue weighted by Gasteiger charge is 2.23. The molecule has 0 radical (unpaired) electrons. The summed E-state index contributed by atoms with van der Waals surface area (Å²) in [6, 6.07) is 18.0. The van der Waals surface area contributed by atoms with Crippen LogP contribution in [0.1, 0.15) is 17.7 Å². The topological polar surface area (TPSA) is 93.5 Å². The number of hydrogen-bond donors (Lipinski definition) is 1. The quantitative estimate of drug-likeness (QED) is 0.354. The molecular formula is C27H33N3O6. The Hall–Kier alpha value is -3.98. The lowest BCUT2D eigenvalue weighted by atomic mass is 10.2. The van der Waals surface area contributed by atoms with Crippen LogP contribution >= 0.6 is 0 Å². The van der Waals surface area contributed by atoms with Crippen molar-refractivity contribution in [1.82, 2.24) is 9.80 Å². The van der Waals surface area contributed by atoms with Gasteiger partial charge in [0.15, 0.2) is 0 Å². The van der Waals surface area contributed by atoms with Crippen LogP contribution in [0.3, 0.4) is 0 Å². The summed E-state index contributed by atoms with van der Waals surface area (Å²) in [5.41, 5.74) is 1.48. The van der Waals surface area contributed by atoms with Gasteiger partial charge in [0.1, 0.15) is 23.8 Å². The number of carbonyl (C=O) groups excluding carboxylic acids is 2. The first-order valence-electron chi connectivity index (χ1n) is 11.6. The van der Waals surface area contributed by atoms with E-state index in [9.17, 15) is 9.59 Å². The number of anilines is 1. The van der Waals surface area contributed by atoms with E-state index in [4.69, 9.17) is 18.6 Å². The maximum absolute atomic E-state index is 13.5. The highest BCUT2D eigenvalue weighted by molar-refractivity contribution is 5.92. The Balaban J connectivity index is 1.77. The molecule has 0 saturated carbocycles. The molecule has 0 bridgehead atoms. The third kappa shape index (κ3) is 8.06. The average molecular weight is 496 g/mol. The standard InChI is InChI=1S/C27H33N3O6/c1-33-13-8-12-29(27(32)28-22-15-24(34-2)17-25(16-22)35-3)20-26(31)30(19-23-11-7-14-36-23)18-21-9-5-4-6-10-21/h4-7,9-11,14-17H,8,12-13,18-20H2,1-3H3,(H,28,32). The number of amides is 3. The molecule has 3 amide bonds. The van der Waals surface area contributed by atoms with Gasteiger partial charge in [-0.25, -0.2) is 4.79 Å². The monoisotopic (exact) mass is 495 g/mol. The summed E-state index contributed by atoms with van der Waals surface area (Å²) < 4.78 is 21.2. The third-order valence-corrected chi connectivity index (χ3v) is 5.49. The van der Waals surface area contributed by atoms with E-state index in [-0.39, 0.29) is 12.5 Å². The van der Waals surface area contributed by atoms with Gasteiger partial charge in [-0.15, -0.1) is 0 Å². The number of rotatable bonds is 13. The molecule has 9 nitrogen and oxygen atoms in total. The van der Waals surface area contributed by atoms with Crippen molar-refractivity contribution in [2.75, 3.05) is 46.3 Å². The molecule has 36 heavy (non-hydrogen) atoms. The number of hydrogen-bond acceptors (Lipinski definition) is 6. The number of carbonyl (C=O) groups is 2. The number of urea groups is 1. The zero-order valence-corrected chi connectivity index (χ0v) is 20.9. The first-order chi connectivity index (χ1) is 17.5. The second kappa shape index (κ2) is 13.8. The van der Waals surface area contributed by atoms with E-state index in [1.54, 1.807) is 42.5 Å². The first kappa shape index (κ1) is 26.6. The molecule has 9 heteroatoms. The van der Waals surface area contributed by atoms with Crippen molar-refractivity contribution in [2.45, 2.75) is 19.5 Å². The zero-order chi connectivity index (χ0) is 25.8. The maximum atomic E-state index is 13.5. The van der Waals surface area contributed by atoms with E-state index >= 15 is 0 Å². The lowest BCUT2D eigenvalue weighted by Crippen LogP contribution is -2.44. The third-order valence-electron chi connectivity index (χ3n) is 5.49. The van der Waals surface area contributed by atoms with Crippen LogP contribution in [-0.4, -0.2) is 62.8 Å². The fourth-order valence-corrected chi connectivity index (χ4v) is 3.62. The number of nitrogens with one attached hydrogen (secondary N) is 1. The van der Waals surface area contributed by atoms with Crippen molar-refractivity contribution >= 4 is 17.6 Å². The molecule has 1 aromatic heterocycles. The van der Waals surface area contributed by atoms with Crippen molar-refractivity contribution in [3.05, 3.63) is 78.3 Å². The number of furan rings is 1. The van der Waals surface area contributed by atoms with Crippen LogP contribution in [0.5, 0.6) is 11.5 Å². The van der Waals surface area contributed by atoms with E-state index < -0.39 is 6.03 Å². The Morgan fingerprint density at radius 3 is 2.22 bits per heavy atom. The van der Waals surface area contributed by atoms with Gasteiger partial charge in [-0.1, -0.05) is 30.3 Å². The summed E-state index contributed by atoms with van der Waals surface area (Å²) in [6.07, 6.45) is 2.16. The summed E-state index contributed by atoms with van der Waals surface area (Å²) in [4.78, 5) is 29.9. The Morgan fingerprint density at radius 2 is 1.61 bits per heavy atom. The van der Waals surface area contributed by atoms with Crippen molar-refractivity contribution in [2.24, 2.45) is 0 Å². The summed E-state index contributed by atoms with van der Waals surface area (Å²) in [7, 11) is 4.68. The van der Waals surface area contributed by atoms with Crippen molar-refractivity contribution in [1.29, 1.82) is 0 Å². The number of ether oxygens (including phenoxy) is 3. The molecule has 0 aliphatic heterocycles.